The molecule has 5 N–H and O–H groups in total. The number of alkyl halides is 1. The summed E-state index contributed by atoms with van der Waals surface area (Å²) in [5.74, 6) is -1.48. The van der Waals surface area contributed by atoms with E-state index in [1.807, 2.05) is 23.6 Å². The molecule has 27 heavy (non-hydrogen) atoms. The average Bonchev–Trinajstić information content (AvgIpc) is 3.18. The number of nitrogens with one attached hydrogen (secondary N) is 1. The van der Waals surface area contributed by atoms with Crippen LogP contribution in [0.1, 0.15) is 22.8 Å². The Morgan fingerprint density at radius 1 is 1.11 bits per heavy atom. The first-order chi connectivity index (χ1) is 12.8. The summed E-state index contributed by atoms with van der Waals surface area (Å²) in [5, 5.41) is 4.73. The van der Waals surface area contributed by atoms with Gasteiger partial charge in [0.1, 0.15) is 0 Å². The summed E-state index contributed by atoms with van der Waals surface area (Å²) in [4.78, 5) is 24.8. The molecular weight excluding hydrogens is 365 g/mol. The summed E-state index contributed by atoms with van der Waals surface area (Å²) in [7, 11) is 0. The lowest BCUT2D eigenvalue weighted by atomic mass is 9.96. The van der Waals surface area contributed by atoms with E-state index in [0.717, 1.165) is 17.4 Å². The Morgan fingerprint density at radius 3 is 2.41 bits per heavy atom. The first kappa shape index (κ1) is 18.6. The fraction of sp³-hybridized carbons (Fsp3) is 0.100. The number of nitrogen functional groups attached to an aromatic ring is 1. The van der Waals surface area contributed by atoms with Crippen molar-refractivity contribution < 1.29 is 14.0 Å². The van der Waals surface area contributed by atoms with Gasteiger partial charge in [-0.3, -0.25) is 9.59 Å². The van der Waals surface area contributed by atoms with Crippen molar-refractivity contribution in [3.8, 4) is 10.4 Å². The van der Waals surface area contributed by atoms with Crippen molar-refractivity contribution in [1.29, 1.82) is 0 Å². The molecule has 1 aromatic heterocycles. The lowest BCUT2D eigenvalue weighted by Gasteiger charge is -2.17. The summed E-state index contributed by atoms with van der Waals surface area (Å²) in [5.41, 5.74) is 11.0. The topological polar surface area (TPSA) is 98.2 Å². The molecular formula is C20H18FN3O2S. The highest BCUT2D eigenvalue weighted by atomic mass is 32.1. The van der Waals surface area contributed by atoms with Gasteiger partial charge in [0.15, 0.2) is 0 Å². The van der Waals surface area contributed by atoms with E-state index in [9.17, 15) is 14.0 Å². The number of hydrogen-bond donors (Lipinski definition) is 3. The first-order valence-electron chi connectivity index (χ1n) is 8.13. The third-order valence-electron chi connectivity index (χ3n) is 4.26. The summed E-state index contributed by atoms with van der Waals surface area (Å²) >= 11 is 1.59. The molecule has 0 saturated heterocycles. The molecule has 0 aliphatic heterocycles. The Hall–Kier alpha value is -3.19. The number of halogens is 1. The number of nitrogens with two attached hydrogens (primary N) is 2. The fourth-order valence-electron chi connectivity index (χ4n) is 2.53. The highest BCUT2D eigenvalue weighted by molar-refractivity contribution is 7.13. The van der Waals surface area contributed by atoms with Crippen molar-refractivity contribution in [2.24, 2.45) is 5.73 Å². The van der Waals surface area contributed by atoms with Crippen LogP contribution in [-0.2, 0) is 10.5 Å². The van der Waals surface area contributed by atoms with Gasteiger partial charge in [-0.15, -0.1) is 11.3 Å². The number of thiophene rings is 1. The zero-order valence-corrected chi connectivity index (χ0v) is 15.3. The van der Waals surface area contributed by atoms with Crippen LogP contribution in [0.5, 0.6) is 0 Å². The van der Waals surface area contributed by atoms with Gasteiger partial charge in [0, 0.05) is 10.4 Å². The summed E-state index contributed by atoms with van der Waals surface area (Å²) in [6.45, 7) is 1.08. The maximum absolute atomic E-state index is 14.3. The third-order valence-corrected chi connectivity index (χ3v) is 5.18. The van der Waals surface area contributed by atoms with Crippen molar-refractivity contribution in [2.75, 3.05) is 11.1 Å². The van der Waals surface area contributed by atoms with Crippen LogP contribution in [0.3, 0.4) is 0 Å². The molecule has 5 nitrogen and oxygen atoms in total. The van der Waals surface area contributed by atoms with Crippen molar-refractivity contribution in [1.82, 2.24) is 0 Å². The van der Waals surface area contributed by atoms with Crippen molar-refractivity contribution in [3.63, 3.8) is 0 Å². The lowest BCUT2D eigenvalue weighted by Crippen LogP contribution is -2.34. The van der Waals surface area contributed by atoms with Crippen LogP contribution >= 0.6 is 11.3 Å². The first-order valence-corrected chi connectivity index (χ1v) is 9.01. The number of rotatable bonds is 5. The summed E-state index contributed by atoms with van der Waals surface area (Å²) in [6.07, 6.45) is 0. The Bertz CT molecular complexity index is 983. The number of carbonyl (C=O) groups excluding carboxylic acids is 2. The monoisotopic (exact) mass is 383 g/mol. The molecule has 0 aliphatic rings. The predicted molar refractivity (Wildman–Crippen MR) is 106 cm³/mol. The van der Waals surface area contributed by atoms with E-state index in [4.69, 9.17) is 11.5 Å². The van der Waals surface area contributed by atoms with Gasteiger partial charge in [0.05, 0.1) is 11.4 Å². The molecule has 0 bridgehead atoms. The number of benzene rings is 2. The molecule has 138 valence electrons. The van der Waals surface area contributed by atoms with E-state index < -0.39 is 17.5 Å². The number of primary amides is 1. The van der Waals surface area contributed by atoms with Gasteiger partial charge in [0.2, 0.25) is 5.67 Å². The SMILES string of the molecule is CC(F)(C(N)=O)c1ccc(C(=O)Nc2cc(-c3cccs3)ccc2N)cc1. The van der Waals surface area contributed by atoms with Crippen LogP contribution in [0.15, 0.2) is 60.0 Å². The van der Waals surface area contributed by atoms with E-state index in [1.165, 1.54) is 24.3 Å². The minimum Gasteiger partial charge on any atom is -0.397 e. The van der Waals surface area contributed by atoms with E-state index >= 15 is 0 Å². The second kappa shape index (κ2) is 7.20. The van der Waals surface area contributed by atoms with Crippen LogP contribution in [0.25, 0.3) is 10.4 Å². The average molecular weight is 383 g/mol. The maximum atomic E-state index is 14.3. The number of hydrogen-bond acceptors (Lipinski definition) is 4. The van der Waals surface area contributed by atoms with Crippen molar-refractivity contribution >= 4 is 34.5 Å². The highest BCUT2D eigenvalue weighted by Crippen LogP contribution is 2.30. The zero-order valence-electron chi connectivity index (χ0n) is 14.5. The lowest BCUT2D eigenvalue weighted by molar-refractivity contribution is -0.128. The van der Waals surface area contributed by atoms with Gasteiger partial charge in [-0.05, 0) is 53.8 Å². The molecule has 7 heteroatoms. The number of anilines is 2. The van der Waals surface area contributed by atoms with Crippen LogP contribution < -0.4 is 16.8 Å². The van der Waals surface area contributed by atoms with Gasteiger partial charge < -0.3 is 16.8 Å². The van der Waals surface area contributed by atoms with Crippen LogP contribution in [-0.4, -0.2) is 11.8 Å². The molecule has 1 unspecified atom stereocenters. The molecule has 2 aromatic carbocycles. The smallest absolute Gasteiger partial charge is 0.259 e. The molecule has 3 aromatic rings. The van der Waals surface area contributed by atoms with Gasteiger partial charge >= 0.3 is 0 Å². The predicted octanol–water partition coefficient (Wildman–Crippen LogP) is 3.92. The zero-order chi connectivity index (χ0) is 19.6. The summed E-state index contributed by atoms with van der Waals surface area (Å²) in [6, 6.07) is 15.0. The summed E-state index contributed by atoms with van der Waals surface area (Å²) < 4.78 is 14.3. The Morgan fingerprint density at radius 2 is 1.81 bits per heavy atom. The molecule has 3 rings (SSSR count). The second-order valence-corrected chi connectivity index (χ2v) is 7.13. The maximum Gasteiger partial charge on any atom is 0.259 e. The standard InChI is InChI=1S/C20H18FN3O2S/c1-20(21,19(23)26)14-7-4-12(5-8-14)18(25)24-16-11-13(6-9-15(16)22)17-3-2-10-27-17/h2-11H,22H2,1H3,(H2,23,26)(H,24,25). The molecule has 1 atom stereocenters. The Kier molecular flexibility index (Phi) is 4.96. The normalized spacial score (nSPS) is 13.0. The molecule has 1 heterocycles. The fourth-order valence-corrected chi connectivity index (χ4v) is 3.26. The van der Waals surface area contributed by atoms with Gasteiger partial charge in [0.25, 0.3) is 11.8 Å². The van der Waals surface area contributed by atoms with E-state index in [1.54, 1.807) is 23.5 Å². The third kappa shape index (κ3) is 3.83. The highest BCUT2D eigenvalue weighted by Gasteiger charge is 2.32. The quantitative estimate of drug-likeness (QED) is 0.582. The Balaban J connectivity index is 1.82. The van der Waals surface area contributed by atoms with Crippen LogP contribution in [0.2, 0.25) is 0 Å². The van der Waals surface area contributed by atoms with E-state index in [0.29, 0.717) is 16.9 Å². The van der Waals surface area contributed by atoms with Gasteiger partial charge in [-0.1, -0.05) is 24.3 Å². The molecule has 2 amide bonds. The molecule has 0 fully saturated rings. The number of amides is 2. The Labute approximate surface area is 159 Å². The second-order valence-electron chi connectivity index (χ2n) is 6.18. The van der Waals surface area contributed by atoms with Crippen molar-refractivity contribution in [2.45, 2.75) is 12.6 Å². The molecule has 0 spiro atoms. The van der Waals surface area contributed by atoms with E-state index in [2.05, 4.69) is 5.32 Å². The molecule has 0 radical (unpaired) electrons. The van der Waals surface area contributed by atoms with Crippen LogP contribution in [0.4, 0.5) is 15.8 Å². The molecule has 0 aliphatic carbocycles. The van der Waals surface area contributed by atoms with Gasteiger partial charge in [-0.25, -0.2) is 4.39 Å². The van der Waals surface area contributed by atoms with Crippen molar-refractivity contribution in [3.05, 3.63) is 71.1 Å². The largest absolute Gasteiger partial charge is 0.397 e. The van der Waals surface area contributed by atoms with Gasteiger partial charge in [-0.2, -0.15) is 0 Å². The van der Waals surface area contributed by atoms with Crippen LogP contribution in [0, 0.1) is 0 Å². The minimum atomic E-state index is -2.30. The molecule has 0 saturated carbocycles. The minimum absolute atomic E-state index is 0.0887. The van der Waals surface area contributed by atoms with E-state index in [-0.39, 0.29) is 5.56 Å². The number of carbonyl (C=O) groups is 2.